The average molecular weight is 774 g/mol. The molecule has 1 atom stereocenters. The van der Waals surface area contributed by atoms with Gasteiger partial charge in [-0.3, -0.25) is 14.4 Å². The third kappa shape index (κ3) is 44.5. The molecule has 0 aromatic rings. The minimum Gasteiger partial charge on any atom is -0.480 e. The van der Waals surface area contributed by atoms with E-state index in [0.29, 0.717) is 12.8 Å². The number of carbonyl (C=O) groups excluding carboxylic acids is 2. The molecule has 0 rings (SSSR count). The van der Waals surface area contributed by atoms with Crippen molar-refractivity contribution in [2.45, 2.75) is 264 Å². The zero-order valence-electron chi connectivity index (χ0n) is 36.5. The number of hydrogen-bond acceptors (Lipinski definition) is 4. The Morgan fingerprint density at radius 1 is 0.473 bits per heavy atom. The second-order valence-corrected chi connectivity index (χ2v) is 16.4. The Labute approximate surface area is 341 Å². The molecule has 0 saturated heterocycles. The molecular weight excluding hydrogens is 683 g/mol. The number of carboxylic acid groups (broad SMARTS) is 1. The number of amides is 1. The molecule has 6 heteroatoms. The van der Waals surface area contributed by atoms with Crippen LogP contribution in [0.1, 0.15) is 258 Å². The van der Waals surface area contributed by atoms with Crippen molar-refractivity contribution >= 4 is 17.8 Å². The van der Waals surface area contributed by atoms with Gasteiger partial charge in [0.25, 0.3) is 0 Å². The number of ether oxygens (including phenoxy) is 1. The van der Waals surface area contributed by atoms with E-state index in [4.69, 9.17) is 9.84 Å². The van der Waals surface area contributed by atoms with Crippen molar-refractivity contribution in [2.75, 3.05) is 6.54 Å². The monoisotopic (exact) mass is 774 g/mol. The summed E-state index contributed by atoms with van der Waals surface area (Å²) in [6.07, 6.45) is 54.8. The lowest BCUT2D eigenvalue weighted by atomic mass is 10.0. The molecule has 0 spiro atoms. The fourth-order valence-electron chi connectivity index (χ4n) is 7.24. The van der Waals surface area contributed by atoms with Crippen LogP contribution < -0.4 is 5.32 Å². The van der Waals surface area contributed by atoms with Gasteiger partial charge in [0.1, 0.15) is 12.6 Å². The molecule has 0 radical (unpaired) electrons. The quantitative estimate of drug-likeness (QED) is 0.0365. The molecule has 322 valence electrons. The van der Waals surface area contributed by atoms with Gasteiger partial charge in [0.15, 0.2) is 0 Å². The van der Waals surface area contributed by atoms with Crippen LogP contribution in [-0.4, -0.2) is 35.6 Å². The van der Waals surface area contributed by atoms with Crippen molar-refractivity contribution < 1.29 is 24.2 Å². The maximum Gasteiger partial charge on any atom is 0.322 e. The number of carbonyl (C=O) groups is 3. The summed E-state index contributed by atoms with van der Waals surface area (Å²) in [6.45, 7) is 4.23. The van der Waals surface area contributed by atoms with Gasteiger partial charge >= 0.3 is 11.9 Å². The van der Waals surface area contributed by atoms with Gasteiger partial charge in [0.2, 0.25) is 5.91 Å². The second-order valence-electron chi connectivity index (χ2n) is 16.4. The first kappa shape index (κ1) is 52.9. The normalized spacial score (nSPS) is 12.2. The van der Waals surface area contributed by atoms with Crippen molar-refractivity contribution in [3.05, 3.63) is 24.3 Å². The molecule has 6 nitrogen and oxygen atoms in total. The Bertz CT molecular complexity index is 900. The highest BCUT2D eigenvalue weighted by Crippen LogP contribution is 2.17. The molecule has 0 aliphatic carbocycles. The topological polar surface area (TPSA) is 92.7 Å². The summed E-state index contributed by atoms with van der Waals surface area (Å²) in [4.78, 5) is 35.0. The Morgan fingerprint density at radius 2 is 0.836 bits per heavy atom. The van der Waals surface area contributed by atoms with Gasteiger partial charge in [-0.15, -0.1) is 0 Å². The fraction of sp³-hybridized carbons (Fsp3) is 0.857. The first-order valence-electron chi connectivity index (χ1n) is 24.0. The van der Waals surface area contributed by atoms with Gasteiger partial charge in [-0.1, -0.05) is 199 Å². The molecule has 0 bridgehead atoms. The van der Waals surface area contributed by atoms with E-state index in [1.807, 2.05) is 0 Å². The Morgan fingerprint density at radius 3 is 1.27 bits per heavy atom. The van der Waals surface area contributed by atoms with Crippen molar-refractivity contribution in [1.29, 1.82) is 0 Å². The zero-order valence-corrected chi connectivity index (χ0v) is 36.5. The summed E-state index contributed by atoms with van der Waals surface area (Å²) in [5.74, 6) is -1.25. The maximum atomic E-state index is 12.8. The van der Waals surface area contributed by atoms with Gasteiger partial charge in [-0.25, -0.2) is 0 Å². The number of nitrogens with one attached hydrogen (secondary N) is 1. The first-order valence-corrected chi connectivity index (χ1v) is 24.0. The SMILES string of the molecule is CCCCCCCCC/C=C\C(CCCCCCCCC(=O)NCC(=O)O)OC(=O)CCCCCCCCCCCCC/C=C\CCCCCCCCCC. The van der Waals surface area contributed by atoms with E-state index in [1.54, 1.807) is 0 Å². The average Bonchev–Trinajstić information content (AvgIpc) is 3.17. The molecule has 0 aliphatic heterocycles. The number of allylic oxidation sites excluding steroid dienone is 3. The van der Waals surface area contributed by atoms with Crippen molar-refractivity contribution in [3.8, 4) is 0 Å². The van der Waals surface area contributed by atoms with Crippen LogP contribution in [0.3, 0.4) is 0 Å². The minimum absolute atomic E-state index is 0.0502. The van der Waals surface area contributed by atoms with Crippen molar-refractivity contribution in [2.24, 2.45) is 0 Å². The van der Waals surface area contributed by atoms with Crippen LogP contribution >= 0.6 is 0 Å². The zero-order chi connectivity index (χ0) is 40.1. The Kier molecular flexibility index (Phi) is 42.9. The van der Waals surface area contributed by atoms with Gasteiger partial charge in [0, 0.05) is 12.8 Å². The van der Waals surface area contributed by atoms with Crippen LogP contribution in [0.2, 0.25) is 0 Å². The number of aliphatic carboxylic acids is 1. The lowest BCUT2D eigenvalue weighted by molar-refractivity contribution is -0.147. The van der Waals surface area contributed by atoms with E-state index in [-0.39, 0.29) is 24.5 Å². The van der Waals surface area contributed by atoms with Crippen LogP contribution in [0, 0.1) is 0 Å². The molecule has 1 amide bonds. The molecule has 0 aromatic heterocycles. The number of unbranched alkanes of at least 4 members (excludes halogenated alkanes) is 31. The largest absolute Gasteiger partial charge is 0.480 e. The Balaban J connectivity index is 3.98. The molecule has 0 heterocycles. The van der Waals surface area contributed by atoms with Gasteiger partial charge < -0.3 is 15.2 Å². The standard InChI is InChI=1S/C49H91NO5/c1-3-5-7-9-11-13-14-15-16-17-18-19-20-21-22-23-24-25-26-28-30-36-40-44-49(54)55-46(41-37-33-29-27-12-10-8-6-4-2)42-38-34-31-32-35-39-43-47(51)50-45-48(52)53/h17-18,37,41,46H,3-16,19-36,38-40,42-45H2,1-2H3,(H,50,51)(H,52,53)/b18-17-,41-37-. The molecular formula is C49H91NO5. The van der Waals surface area contributed by atoms with Crippen LogP contribution in [0.5, 0.6) is 0 Å². The highest BCUT2D eigenvalue weighted by Gasteiger charge is 2.12. The highest BCUT2D eigenvalue weighted by atomic mass is 16.5. The summed E-state index contributed by atoms with van der Waals surface area (Å²) in [5, 5.41) is 11.1. The number of carboxylic acids is 1. The summed E-state index contributed by atoms with van der Waals surface area (Å²) >= 11 is 0. The number of esters is 1. The summed E-state index contributed by atoms with van der Waals surface area (Å²) in [6, 6.07) is 0. The third-order valence-electron chi connectivity index (χ3n) is 10.8. The van der Waals surface area contributed by atoms with E-state index in [1.165, 1.54) is 167 Å². The van der Waals surface area contributed by atoms with E-state index in [0.717, 1.165) is 64.2 Å². The smallest absolute Gasteiger partial charge is 0.322 e. The summed E-state index contributed by atoms with van der Waals surface area (Å²) in [5.41, 5.74) is 0. The molecule has 55 heavy (non-hydrogen) atoms. The predicted octanol–water partition coefficient (Wildman–Crippen LogP) is 15.1. The second kappa shape index (κ2) is 44.6. The lowest BCUT2D eigenvalue weighted by Crippen LogP contribution is -2.28. The minimum atomic E-state index is -1.01. The molecule has 0 fully saturated rings. The molecule has 0 aromatic carbocycles. The van der Waals surface area contributed by atoms with E-state index in [2.05, 4.69) is 43.5 Å². The summed E-state index contributed by atoms with van der Waals surface area (Å²) in [7, 11) is 0. The predicted molar refractivity (Wildman–Crippen MR) is 236 cm³/mol. The fourth-order valence-corrected chi connectivity index (χ4v) is 7.24. The summed E-state index contributed by atoms with van der Waals surface area (Å²) < 4.78 is 5.97. The van der Waals surface area contributed by atoms with E-state index in [9.17, 15) is 14.4 Å². The first-order chi connectivity index (χ1) is 27.0. The van der Waals surface area contributed by atoms with Crippen molar-refractivity contribution in [3.63, 3.8) is 0 Å². The molecule has 0 aliphatic rings. The highest BCUT2D eigenvalue weighted by molar-refractivity contribution is 5.80. The molecule has 2 N–H and O–H groups in total. The Hall–Kier alpha value is -2.11. The van der Waals surface area contributed by atoms with E-state index < -0.39 is 5.97 Å². The van der Waals surface area contributed by atoms with Gasteiger partial charge in [-0.2, -0.15) is 0 Å². The van der Waals surface area contributed by atoms with Gasteiger partial charge in [0.05, 0.1) is 0 Å². The van der Waals surface area contributed by atoms with E-state index >= 15 is 0 Å². The maximum absolute atomic E-state index is 12.8. The van der Waals surface area contributed by atoms with Crippen LogP contribution in [0.15, 0.2) is 24.3 Å². The van der Waals surface area contributed by atoms with Crippen molar-refractivity contribution in [1.82, 2.24) is 5.32 Å². The van der Waals surface area contributed by atoms with Crippen LogP contribution in [-0.2, 0) is 19.1 Å². The number of hydrogen-bond donors (Lipinski definition) is 2. The number of rotatable bonds is 44. The van der Waals surface area contributed by atoms with Gasteiger partial charge in [-0.05, 0) is 70.3 Å². The third-order valence-corrected chi connectivity index (χ3v) is 10.8. The lowest BCUT2D eigenvalue weighted by Gasteiger charge is -2.15. The van der Waals surface area contributed by atoms with Crippen LogP contribution in [0.4, 0.5) is 0 Å². The van der Waals surface area contributed by atoms with Crippen LogP contribution in [0.25, 0.3) is 0 Å². The molecule has 1 unspecified atom stereocenters. The molecule has 0 saturated carbocycles.